The van der Waals surface area contributed by atoms with Crippen molar-refractivity contribution in [1.82, 2.24) is 19.7 Å². The molecule has 0 saturated heterocycles. The molecular weight excluding hydrogens is 434 g/mol. The van der Waals surface area contributed by atoms with Crippen molar-refractivity contribution in [3.8, 4) is 17.4 Å². The monoisotopic (exact) mass is 453 g/mol. The van der Waals surface area contributed by atoms with E-state index in [0.29, 0.717) is 34.8 Å². The summed E-state index contributed by atoms with van der Waals surface area (Å²) in [7, 11) is 3.12. The van der Waals surface area contributed by atoms with E-state index >= 15 is 0 Å². The van der Waals surface area contributed by atoms with Crippen molar-refractivity contribution in [2.75, 3.05) is 25.7 Å². The number of β-amino-alcohol motifs (C(OH)–C–C–N with tert-alkyl or cyclic N) is 1. The molecule has 0 spiro atoms. The molecule has 0 aliphatic carbocycles. The number of fused-ring (bicyclic) bond motifs is 2. The van der Waals surface area contributed by atoms with Crippen molar-refractivity contribution < 1.29 is 14.6 Å². The minimum absolute atomic E-state index is 0.0158. The summed E-state index contributed by atoms with van der Waals surface area (Å²) in [6.07, 6.45) is 0.638. The zero-order valence-electron chi connectivity index (χ0n) is 17.4. The summed E-state index contributed by atoms with van der Waals surface area (Å²) in [4.78, 5) is 22.3. The van der Waals surface area contributed by atoms with Gasteiger partial charge in [-0.2, -0.15) is 9.78 Å². The molecule has 32 heavy (non-hydrogen) atoms. The average molecular weight is 454 g/mol. The summed E-state index contributed by atoms with van der Waals surface area (Å²) in [6.45, 7) is 0.578. The van der Waals surface area contributed by atoms with Gasteiger partial charge in [0.05, 0.1) is 37.1 Å². The van der Waals surface area contributed by atoms with E-state index in [4.69, 9.17) is 21.1 Å². The normalized spacial score (nSPS) is 15.6. The van der Waals surface area contributed by atoms with Crippen molar-refractivity contribution in [2.24, 2.45) is 0 Å². The maximum Gasteiger partial charge on any atom is 0.295 e. The molecule has 9 nitrogen and oxygen atoms in total. The van der Waals surface area contributed by atoms with Gasteiger partial charge in [0.1, 0.15) is 22.6 Å². The van der Waals surface area contributed by atoms with Crippen LogP contribution in [0.15, 0.2) is 47.4 Å². The number of aliphatic hydroxyl groups excluding tert-OH is 1. The summed E-state index contributed by atoms with van der Waals surface area (Å²) in [5, 5.41) is 15.1. The number of aliphatic hydroxyl groups is 1. The van der Waals surface area contributed by atoms with Crippen LogP contribution in [0.5, 0.6) is 11.5 Å². The van der Waals surface area contributed by atoms with Crippen LogP contribution in [0.1, 0.15) is 17.2 Å². The van der Waals surface area contributed by atoms with Crippen LogP contribution in [0.25, 0.3) is 17.0 Å². The van der Waals surface area contributed by atoms with E-state index in [9.17, 15) is 9.90 Å². The smallest absolute Gasteiger partial charge is 0.295 e. The maximum atomic E-state index is 13.0. The molecule has 0 saturated carbocycles. The lowest BCUT2D eigenvalue weighted by Gasteiger charge is -2.35. The van der Waals surface area contributed by atoms with E-state index in [1.807, 2.05) is 24.3 Å². The fourth-order valence-electron chi connectivity index (χ4n) is 4.09. The zero-order chi connectivity index (χ0) is 22.4. The van der Waals surface area contributed by atoms with Crippen LogP contribution in [0.4, 0.5) is 5.69 Å². The Morgan fingerprint density at radius 2 is 1.91 bits per heavy atom. The van der Waals surface area contributed by atoms with Gasteiger partial charge in [-0.15, -0.1) is 0 Å². The van der Waals surface area contributed by atoms with Gasteiger partial charge in [0, 0.05) is 24.2 Å². The fourth-order valence-corrected chi connectivity index (χ4v) is 4.34. The highest BCUT2D eigenvalue weighted by Crippen LogP contribution is 2.41. The van der Waals surface area contributed by atoms with Gasteiger partial charge in [0.2, 0.25) is 5.95 Å². The van der Waals surface area contributed by atoms with Gasteiger partial charge in [-0.3, -0.25) is 4.79 Å². The number of hydrogen-bond acceptors (Lipinski definition) is 7. The van der Waals surface area contributed by atoms with Crippen molar-refractivity contribution in [3.05, 3.63) is 69.1 Å². The predicted molar refractivity (Wildman–Crippen MR) is 120 cm³/mol. The Balaban J connectivity index is 1.55. The predicted octanol–water partition coefficient (Wildman–Crippen LogP) is 2.83. The number of ether oxygens (including phenoxy) is 2. The van der Waals surface area contributed by atoms with Crippen LogP contribution in [0, 0.1) is 0 Å². The SMILES string of the molecule is COc1ccc(OC)c2c1CN(c1cnn(-c3nc4ccccc4[nH]3)c(=O)c1Cl)C[C@@H]2O. The highest BCUT2D eigenvalue weighted by atomic mass is 35.5. The van der Waals surface area contributed by atoms with Gasteiger partial charge < -0.3 is 24.5 Å². The lowest BCUT2D eigenvalue weighted by molar-refractivity contribution is 0.169. The molecule has 5 rings (SSSR count). The summed E-state index contributed by atoms with van der Waals surface area (Å²) in [5.74, 6) is 1.47. The molecule has 3 heterocycles. The van der Waals surface area contributed by atoms with Gasteiger partial charge in [-0.05, 0) is 24.3 Å². The molecule has 0 amide bonds. The third-order valence-electron chi connectivity index (χ3n) is 5.61. The van der Waals surface area contributed by atoms with E-state index in [0.717, 1.165) is 15.8 Å². The van der Waals surface area contributed by atoms with Gasteiger partial charge in [0.25, 0.3) is 5.56 Å². The number of benzene rings is 2. The van der Waals surface area contributed by atoms with E-state index in [2.05, 4.69) is 15.1 Å². The molecule has 0 bridgehead atoms. The van der Waals surface area contributed by atoms with Crippen LogP contribution in [0.3, 0.4) is 0 Å². The summed E-state index contributed by atoms with van der Waals surface area (Å²) in [5.41, 5.74) is 2.84. The number of rotatable bonds is 4. The Labute approximate surface area is 187 Å². The second-order valence-corrected chi connectivity index (χ2v) is 7.77. The van der Waals surface area contributed by atoms with E-state index in [-0.39, 0.29) is 17.5 Å². The number of methoxy groups -OCH3 is 2. The minimum Gasteiger partial charge on any atom is -0.496 e. The standard InChI is InChI=1S/C22H20ClN5O4/c1-31-17-7-8-18(32-2)19-12(17)10-27(11-16(19)29)15-9-24-28(21(30)20(15)23)22-25-13-5-3-4-6-14(13)26-22/h3-9,16,29H,10-11H2,1-2H3,(H,25,26)/t16-/m0/s1. The molecule has 2 N–H and O–H groups in total. The highest BCUT2D eigenvalue weighted by molar-refractivity contribution is 6.33. The van der Waals surface area contributed by atoms with Crippen molar-refractivity contribution in [3.63, 3.8) is 0 Å². The first-order valence-corrected chi connectivity index (χ1v) is 10.3. The number of H-pyrrole nitrogens is 1. The second kappa shape index (κ2) is 7.85. The topological polar surface area (TPSA) is 106 Å². The Kier molecular flexibility index (Phi) is 4.99. The van der Waals surface area contributed by atoms with Gasteiger partial charge >= 0.3 is 0 Å². The molecule has 4 aromatic rings. The van der Waals surface area contributed by atoms with E-state index < -0.39 is 11.7 Å². The summed E-state index contributed by atoms with van der Waals surface area (Å²) >= 11 is 6.49. The highest BCUT2D eigenvalue weighted by Gasteiger charge is 2.31. The van der Waals surface area contributed by atoms with Gasteiger partial charge in [-0.25, -0.2) is 4.98 Å². The molecule has 1 aliphatic heterocycles. The minimum atomic E-state index is -0.863. The third kappa shape index (κ3) is 3.17. The molecule has 0 radical (unpaired) electrons. The number of nitrogens with zero attached hydrogens (tertiary/aromatic N) is 4. The molecular formula is C22H20ClN5O4. The lowest BCUT2D eigenvalue weighted by atomic mass is 9.95. The number of nitrogens with one attached hydrogen (secondary N) is 1. The zero-order valence-corrected chi connectivity index (χ0v) is 18.1. The van der Waals surface area contributed by atoms with Crippen LogP contribution >= 0.6 is 11.6 Å². The van der Waals surface area contributed by atoms with Crippen molar-refractivity contribution in [1.29, 1.82) is 0 Å². The number of aromatic amines is 1. The molecule has 2 aromatic carbocycles. The van der Waals surface area contributed by atoms with Gasteiger partial charge in [0.15, 0.2) is 0 Å². The second-order valence-electron chi connectivity index (χ2n) is 7.40. The Morgan fingerprint density at radius 3 is 2.66 bits per heavy atom. The first-order valence-electron chi connectivity index (χ1n) is 9.91. The number of imidazole rings is 1. The van der Waals surface area contributed by atoms with Gasteiger partial charge in [-0.1, -0.05) is 23.7 Å². The number of hydrogen-bond donors (Lipinski definition) is 2. The van der Waals surface area contributed by atoms with E-state index in [1.54, 1.807) is 31.3 Å². The van der Waals surface area contributed by atoms with Crippen molar-refractivity contribution in [2.45, 2.75) is 12.6 Å². The summed E-state index contributed by atoms with van der Waals surface area (Å²) < 4.78 is 12.0. The number of halogens is 1. The Hall–Kier alpha value is -3.56. The largest absolute Gasteiger partial charge is 0.496 e. The molecule has 0 fully saturated rings. The van der Waals surface area contributed by atoms with Crippen LogP contribution in [-0.4, -0.2) is 45.6 Å². The molecule has 0 unspecified atom stereocenters. The molecule has 2 aromatic heterocycles. The summed E-state index contributed by atoms with van der Waals surface area (Å²) in [6, 6.07) is 11.0. The van der Waals surface area contributed by atoms with E-state index in [1.165, 1.54) is 6.20 Å². The van der Waals surface area contributed by atoms with Crippen molar-refractivity contribution >= 4 is 28.3 Å². The number of anilines is 1. The molecule has 1 aliphatic rings. The Bertz CT molecular complexity index is 1350. The van der Waals surface area contributed by atoms with Crippen LogP contribution in [0.2, 0.25) is 5.02 Å². The lowest BCUT2D eigenvalue weighted by Crippen LogP contribution is -2.36. The first kappa shape index (κ1) is 20.3. The molecule has 164 valence electrons. The quantitative estimate of drug-likeness (QED) is 0.489. The fraction of sp³-hybridized carbons (Fsp3) is 0.227. The molecule has 10 heteroatoms. The maximum absolute atomic E-state index is 13.0. The first-order chi connectivity index (χ1) is 15.5. The average Bonchev–Trinajstić information content (AvgIpc) is 3.23. The Morgan fingerprint density at radius 1 is 1.16 bits per heavy atom. The van der Waals surface area contributed by atoms with Crippen LogP contribution < -0.4 is 19.9 Å². The number of para-hydroxylation sites is 2. The molecule has 1 atom stereocenters. The van der Waals surface area contributed by atoms with Crippen LogP contribution in [-0.2, 0) is 6.54 Å². The number of aromatic nitrogens is 4. The third-order valence-corrected chi connectivity index (χ3v) is 5.96.